The van der Waals surface area contributed by atoms with Gasteiger partial charge in [0.25, 0.3) is 0 Å². The number of hydrogen-bond acceptors (Lipinski definition) is 5. The minimum atomic E-state index is -0.348. The van der Waals surface area contributed by atoms with Gasteiger partial charge in [0.05, 0.1) is 12.1 Å². The molecule has 0 unspecified atom stereocenters. The van der Waals surface area contributed by atoms with Gasteiger partial charge in [0.1, 0.15) is 10.8 Å². The first-order chi connectivity index (χ1) is 11.5. The van der Waals surface area contributed by atoms with Crippen molar-refractivity contribution in [1.29, 1.82) is 0 Å². The Labute approximate surface area is 149 Å². The Bertz CT molecular complexity index is 855. The van der Waals surface area contributed by atoms with E-state index in [9.17, 15) is 4.79 Å². The van der Waals surface area contributed by atoms with Crippen LogP contribution in [0.25, 0.3) is 10.6 Å². The third-order valence-electron chi connectivity index (χ3n) is 3.43. The smallest absolute Gasteiger partial charge is 0.317 e. The molecule has 0 aliphatic rings. The molecule has 2 heterocycles. The first kappa shape index (κ1) is 16.6. The van der Waals surface area contributed by atoms with Gasteiger partial charge in [-0.1, -0.05) is 11.6 Å². The zero-order valence-corrected chi connectivity index (χ0v) is 14.8. The van der Waals surface area contributed by atoms with Crippen molar-refractivity contribution >= 4 is 28.9 Å². The van der Waals surface area contributed by atoms with Crippen molar-refractivity contribution in [1.82, 2.24) is 9.97 Å². The van der Waals surface area contributed by atoms with Crippen molar-refractivity contribution in [3.63, 3.8) is 0 Å². The Kier molecular flexibility index (Phi) is 4.92. The van der Waals surface area contributed by atoms with Gasteiger partial charge in [-0.15, -0.1) is 11.3 Å². The van der Waals surface area contributed by atoms with Crippen LogP contribution in [0.1, 0.15) is 16.8 Å². The molecule has 0 saturated heterocycles. The third-order valence-corrected chi connectivity index (χ3v) is 4.96. The molecule has 1 aromatic carbocycles. The number of halogens is 1. The van der Waals surface area contributed by atoms with E-state index in [1.165, 1.54) is 11.3 Å². The fraction of sp³-hybridized carbons (Fsp3) is 0.167. The predicted octanol–water partition coefficient (Wildman–Crippen LogP) is 4.62. The Balaban J connectivity index is 1.69. The fourth-order valence-corrected chi connectivity index (χ4v) is 3.21. The predicted molar refractivity (Wildman–Crippen MR) is 95.6 cm³/mol. The molecule has 0 aliphatic heterocycles. The number of carbonyl (C=O) groups is 1. The van der Waals surface area contributed by atoms with E-state index in [1.807, 2.05) is 31.4 Å². The molecule has 0 aliphatic carbocycles. The van der Waals surface area contributed by atoms with Crippen molar-refractivity contribution in [2.45, 2.75) is 20.3 Å². The van der Waals surface area contributed by atoms with Crippen molar-refractivity contribution in [2.75, 3.05) is 0 Å². The minimum absolute atomic E-state index is 0.123. The maximum Gasteiger partial charge on any atom is 0.317 e. The SMILES string of the molecule is Cc1cc(OC(=O)Cc2csc(-c3cccnc3)n2)cc(C)c1Cl. The fourth-order valence-electron chi connectivity index (χ4n) is 2.29. The summed E-state index contributed by atoms with van der Waals surface area (Å²) in [7, 11) is 0. The summed E-state index contributed by atoms with van der Waals surface area (Å²) in [6, 6.07) is 7.31. The molecule has 2 aromatic heterocycles. The van der Waals surface area contributed by atoms with E-state index in [4.69, 9.17) is 16.3 Å². The summed E-state index contributed by atoms with van der Waals surface area (Å²) in [5.41, 5.74) is 3.39. The Morgan fingerprint density at radius 3 is 2.71 bits per heavy atom. The van der Waals surface area contributed by atoms with Gasteiger partial charge in [-0.05, 0) is 49.2 Å². The Morgan fingerprint density at radius 2 is 2.04 bits per heavy atom. The molecule has 0 bridgehead atoms. The van der Waals surface area contributed by atoms with Gasteiger partial charge in [-0.25, -0.2) is 4.98 Å². The molecule has 24 heavy (non-hydrogen) atoms. The number of hydrogen-bond donors (Lipinski definition) is 0. The molecule has 3 rings (SSSR count). The lowest BCUT2D eigenvalue weighted by molar-refractivity contribution is -0.133. The summed E-state index contributed by atoms with van der Waals surface area (Å²) in [4.78, 5) is 20.7. The van der Waals surface area contributed by atoms with Crippen LogP contribution < -0.4 is 4.74 Å². The number of ether oxygens (including phenoxy) is 1. The van der Waals surface area contributed by atoms with Crippen LogP contribution in [-0.4, -0.2) is 15.9 Å². The summed E-state index contributed by atoms with van der Waals surface area (Å²) in [6.45, 7) is 3.76. The summed E-state index contributed by atoms with van der Waals surface area (Å²) in [5.74, 6) is 0.154. The number of rotatable bonds is 4. The molecule has 0 radical (unpaired) electrons. The molecule has 0 spiro atoms. The maximum absolute atomic E-state index is 12.1. The van der Waals surface area contributed by atoms with Gasteiger partial charge in [-0.2, -0.15) is 0 Å². The number of pyridine rings is 1. The van der Waals surface area contributed by atoms with Crippen LogP contribution in [0.4, 0.5) is 0 Å². The van der Waals surface area contributed by atoms with Gasteiger partial charge in [0, 0.05) is 28.4 Å². The number of esters is 1. The van der Waals surface area contributed by atoms with Crippen LogP contribution in [0.2, 0.25) is 5.02 Å². The van der Waals surface area contributed by atoms with Crippen LogP contribution in [0.15, 0.2) is 42.0 Å². The summed E-state index contributed by atoms with van der Waals surface area (Å²) in [6.07, 6.45) is 3.59. The lowest BCUT2D eigenvalue weighted by Crippen LogP contribution is -2.11. The monoisotopic (exact) mass is 358 g/mol. The second-order valence-corrected chi connectivity index (χ2v) is 6.64. The van der Waals surface area contributed by atoms with Gasteiger partial charge < -0.3 is 4.74 Å². The summed E-state index contributed by atoms with van der Waals surface area (Å²) < 4.78 is 5.40. The number of nitrogens with zero attached hydrogens (tertiary/aromatic N) is 2. The molecule has 6 heteroatoms. The van der Waals surface area contributed by atoms with Crippen LogP contribution in [0, 0.1) is 13.8 Å². The molecular formula is C18H15ClN2O2S. The second-order valence-electron chi connectivity index (χ2n) is 5.41. The highest BCUT2D eigenvalue weighted by molar-refractivity contribution is 7.13. The number of benzene rings is 1. The quantitative estimate of drug-likeness (QED) is 0.504. The topological polar surface area (TPSA) is 52.1 Å². The van der Waals surface area contributed by atoms with Gasteiger partial charge in [-0.3, -0.25) is 9.78 Å². The first-order valence-corrected chi connectivity index (χ1v) is 8.61. The second kappa shape index (κ2) is 7.11. The number of carbonyl (C=O) groups excluding carboxylic acids is 1. The molecule has 0 amide bonds. The molecule has 0 saturated carbocycles. The molecule has 4 nitrogen and oxygen atoms in total. The maximum atomic E-state index is 12.1. The van der Waals surface area contributed by atoms with E-state index in [-0.39, 0.29) is 12.4 Å². The highest BCUT2D eigenvalue weighted by atomic mass is 35.5. The standard InChI is InChI=1S/C18H15ClN2O2S/c1-11-6-15(7-12(2)17(11)19)23-16(22)8-14-10-24-18(21-14)13-4-3-5-20-9-13/h3-7,9-10H,8H2,1-2H3. The molecule has 0 fully saturated rings. The van der Waals surface area contributed by atoms with E-state index in [1.54, 1.807) is 24.5 Å². The van der Waals surface area contributed by atoms with Crippen molar-refractivity contribution in [3.05, 3.63) is 63.9 Å². The van der Waals surface area contributed by atoms with Crippen molar-refractivity contribution < 1.29 is 9.53 Å². The average molecular weight is 359 g/mol. The Morgan fingerprint density at radius 1 is 1.29 bits per heavy atom. The highest BCUT2D eigenvalue weighted by Crippen LogP contribution is 2.26. The molecular weight excluding hydrogens is 344 g/mol. The van der Waals surface area contributed by atoms with Gasteiger partial charge >= 0.3 is 5.97 Å². The molecule has 0 atom stereocenters. The molecule has 0 N–H and O–H groups in total. The molecule has 3 aromatic rings. The number of aromatic nitrogens is 2. The zero-order valence-electron chi connectivity index (χ0n) is 13.2. The van der Waals surface area contributed by atoms with Crippen LogP contribution in [0.3, 0.4) is 0 Å². The van der Waals surface area contributed by atoms with Crippen molar-refractivity contribution in [2.24, 2.45) is 0 Å². The van der Waals surface area contributed by atoms with Crippen LogP contribution in [-0.2, 0) is 11.2 Å². The first-order valence-electron chi connectivity index (χ1n) is 7.35. The average Bonchev–Trinajstić information content (AvgIpc) is 3.01. The lowest BCUT2D eigenvalue weighted by Gasteiger charge is -2.08. The van der Waals surface area contributed by atoms with Crippen LogP contribution >= 0.6 is 22.9 Å². The number of thiazole rings is 1. The number of aryl methyl sites for hydroxylation is 2. The van der Waals surface area contributed by atoms with E-state index in [2.05, 4.69) is 9.97 Å². The van der Waals surface area contributed by atoms with E-state index in [0.29, 0.717) is 16.5 Å². The highest BCUT2D eigenvalue weighted by Gasteiger charge is 2.12. The van der Waals surface area contributed by atoms with Gasteiger partial charge in [0.15, 0.2) is 0 Å². The normalized spacial score (nSPS) is 10.6. The van der Waals surface area contributed by atoms with E-state index < -0.39 is 0 Å². The van der Waals surface area contributed by atoms with E-state index in [0.717, 1.165) is 21.7 Å². The summed E-state index contributed by atoms with van der Waals surface area (Å²) >= 11 is 7.60. The minimum Gasteiger partial charge on any atom is -0.426 e. The third kappa shape index (κ3) is 3.80. The Hall–Kier alpha value is -2.24. The van der Waals surface area contributed by atoms with Crippen LogP contribution in [0.5, 0.6) is 5.75 Å². The molecule has 122 valence electrons. The van der Waals surface area contributed by atoms with Gasteiger partial charge in [0.2, 0.25) is 0 Å². The lowest BCUT2D eigenvalue weighted by atomic mass is 10.1. The van der Waals surface area contributed by atoms with E-state index >= 15 is 0 Å². The zero-order chi connectivity index (χ0) is 17.1. The summed E-state index contributed by atoms with van der Waals surface area (Å²) in [5, 5.41) is 3.39. The van der Waals surface area contributed by atoms with Crippen molar-refractivity contribution in [3.8, 4) is 16.3 Å². The largest absolute Gasteiger partial charge is 0.426 e.